The molecule has 4 aromatic rings. The molecular formula is C20H13BrFN3OS. The molecule has 0 atom stereocenters. The van der Waals surface area contributed by atoms with Crippen molar-refractivity contribution in [3.05, 3.63) is 88.4 Å². The van der Waals surface area contributed by atoms with Gasteiger partial charge in [-0.2, -0.15) is 0 Å². The van der Waals surface area contributed by atoms with Crippen LogP contribution in [0.3, 0.4) is 0 Å². The molecule has 7 heteroatoms. The van der Waals surface area contributed by atoms with Crippen LogP contribution in [0.4, 0.5) is 9.52 Å². The molecular weight excluding hydrogens is 429 g/mol. The maximum atomic E-state index is 14.2. The maximum Gasteiger partial charge on any atom is 0.263 e. The molecule has 0 bridgehead atoms. The summed E-state index contributed by atoms with van der Waals surface area (Å²) in [6, 6.07) is 15.4. The Hall–Kier alpha value is -2.64. The van der Waals surface area contributed by atoms with E-state index in [1.807, 2.05) is 24.3 Å². The van der Waals surface area contributed by atoms with Crippen molar-refractivity contribution in [2.24, 2.45) is 0 Å². The second-order valence-corrected chi connectivity index (χ2v) is 7.77. The Balaban J connectivity index is 1.79. The number of hydrogen-bond acceptors (Lipinski definition) is 4. The van der Waals surface area contributed by atoms with Crippen LogP contribution in [0.15, 0.2) is 71.5 Å². The lowest BCUT2D eigenvalue weighted by molar-refractivity contribution is 0.0981. The summed E-state index contributed by atoms with van der Waals surface area (Å²) in [5, 5.41) is 0.514. The number of carbonyl (C=O) groups is 1. The molecule has 4 rings (SSSR count). The van der Waals surface area contributed by atoms with Gasteiger partial charge in [-0.3, -0.25) is 14.7 Å². The summed E-state index contributed by atoms with van der Waals surface area (Å²) < 4.78 is 16.1. The first kappa shape index (κ1) is 17.8. The number of hydrogen-bond donors (Lipinski definition) is 0. The fraction of sp³-hybridized carbons (Fsp3) is 0.0500. The minimum Gasteiger partial charge on any atom is -0.279 e. The van der Waals surface area contributed by atoms with Crippen LogP contribution in [0.25, 0.3) is 10.2 Å². The number of rotatable bonds is 4. The van der Waals surface area contributed by atoms with E-state index in [4.69, 9.17) is 0 Å². The van der Waals surface area contributed by atoms with Crippen molar-refractivity contribution in [3.63, 3.8) is 0 Å². The SMILES string of the molecule is O=C(c1ccccc1F)N(Cc1cccnc1)c1nc2ccc(Br)cc2s1. The Morgan fingerprint density at radius 2 is 2.00 bits per heavy atom. The van der Waals surface area contributed by atoms with Gasteiger partial charge >= 0.3 is 0 Å². The monoisotopic (exact) mass is 441 g/mol. The minimum atomic E-state index is -0.553. The van der Waals surface area contributed by atoms with Gasteiger partial charge in [-0.15, -0.1) is 0 Å². The zero-order valence-corrected chi connectivity index (χ0v) is 16.4. The predicted octanol–water partition coefficient (Wildman–Crippen LogP) is 5.44. The van der Waals surface area contributed by atoms with E-state index in [1.54, 1.807) is 30.6 Å². The van der Waals surface area contributed by atoms with E-state index in [1.165, 1.54) is 28.4 Å². The van der Waals surface area contributed by atoms with E-state index in [2.05, 4.69) is 25.9 Å². The van der Waals surface area contributed by atoms with Gasteiger partial charge in [0.1, 0.15) is 5.82 Å². The van der Waals surface area contributed by atoms with Crippen LogP contribution in [-0.2, 0) is 6.54 Å². The average molecular weight is 442 g/mol. The van der Waals surface area contributed by atoms with Gasteiger partial charge in [-0.25, -0.2) is 9.37 Å². The molecule has 0 radical (unpaired) electrons. The Kier molecular flexibility index (Phi) is 4.96. The first-order valence-corrected chi connectivity index (χ1v) is 9.74. The molecule has 27 heavy (non-hydrogen) atoms. The third kappa shape index (κ3) is 3.74. The van der Waals surface area contributed by atoms with Crippen LogP contribution in [-0.4, -0.2) is 15.9 Å². The molecule has 0 saturated carbocycles. The van der Waals surface area contributed by atoms with Gasteiger partial charge in [0.2, 0.25) is 0 Å². The van der Waals surface area contributed by atoms with E-state index in [-0.39, 0.29) is 12.1 Å². The number of fused-ring (bicyclic) bond motifs is 1. The van der Waals surface area contributed by atoms with Gasteiger partial charge in [0.25, 0.3) is 5.91 Å². The molecule has 0 fully saturated rings. The highest BCUT2D eigenvalue weighted by molar-refractivity contribution is 9.10. The molecule has 2 heterocycles. The van der Waals surface area contributed by atoms with E-state index < -0.39 is 11.7 Å². The highest BCUT2D eigenvalue weighted by Crippen LogP contribution is 2.32. The Morgan fingerprint density at radius 1 is 1.15 bits per heavy atom. The Morgan fingerprint density at radius 3 is 2.78 bits per heavy atom. The van der Waals surface area contributed by atoms with E-state index in [0.717, 1.165) is 20.3 Å². The smallest absolute Gasteiger partial charge is 0.263 e. The third-order valence-corrected chi connectivity index (χ3v) is 5.52. The predicted molar refractivity (Wildman–Crippen MR) is 108 cm³/mol. The normalized spacial score (nSPS) is 10.9. The van der Waals surface area contributed by atoms with Crippen LogP contribution >= 0.6 is 27.3 Å². The minimum absolute atomic E-state index is 0.0156. The summed E-state index contributed by atoms with van der Waals surface area (Å²) in [7, 11) is 0. The Bertz CT molecular complexity index is 1120. The van der Waals surface area contributed by atoms with Crippen molar-refractivity contribution in [1.29, 1.82) is 0 Å². The van der Waals surface area contributed by atoms with E-state index >= 15 is 0 Å². The topological polar surface area (TPSA) is 46.1 Å². The largest absolute Gasteiger partial charge is 0.279 e. The fourth-order valence-corrected chi connectivity index (χ4v) is 4.20. The van der Waals surface area contributed by atoms with Crippen LogP contribution < -0.4 is 4.90 Å². The molecule has 1 amide bonds. The molecule has 134 valence electrons. The first-order valence-electron chi connectivity index (χ1n) is 8.13. The molecule has 0 aliphatic heterocycles. The maximum absolute atomic E-state index is 14.2. The number of pyridine rings is 1. The Labute approximate surface area is 167 Å². The van der Waals surface area contributed by atoms with Crippen molar-refractivity contribution in [2.45, 2.75) is 6.54 Å². The zero-order valence-electron chi connectivity index (χ0n) is 14.0. The second kappa shape index (κ2) is 7.54. The zero-order chi connectivity index (χ0) is 18.8. The van der Waals surface area contributed by atoms with Gasteiger partial charge < -0.3 is 0 Å². The van der Waals surface area contributed by atoms with Crippen molar-refractivity contribution in [2.75, 3.05) is 4.90 Å². The molecule has 2 aromatic carbocycles. The standard InChI is InChI=1S/C20H13BrFN3OS/c21-14-7-8-17-18(10-14)27-20(24-17)25(12-13-4-3-9-23-11-13)19(26)15-5-1-2-6-16(15)22/h1-11H,12H2. The number of anilines is 1. The number of amides is 1. The van der Waals surface area contributed by atoms with Gasteiger partial charge in [0, 0.05) is 16.9 Å². The fourth-order valence-electron chi connectivity index (χ4n) is 2.68. The van der Waals surface area contributed by atoms with Gasteiger partial charge in [0.05, 0.1) is 22.3 Å². The third-order valence-electron chi connectivity index (χ3n) is 3.98. The summed E-state index contributed by atoms with van der Waals surface area (Å²) in [5.74, 6) is -0.988. The number of halogens is 2. The number of carbonyl (C=O) groups excluding carboxylic acids is 1. The molecule has 0 aliphatic carbocycles. The molecule has 0 unspecified atom stereocenters. The van der Waals surface area contributed by atoms with Crippen LogP contribution in [0, 0.1) is 5.82 Å². The number of benzene rings is 2. The lowest BCUT2D eigenvalue weighted by Crippen LogP contribution is -2.31. The van der Waals surface area contributed by atoms with Crippen molar-refractivity contribution < 1.29 is 9.18 Å². The van der Waals surface area contributed by atoms with Crippen molar-refractivity contribution in [1.82, 2.24) is 9.97 Å². The molecule has 0 aliphatic rings. The summed E-state index contributed by atoms with van der Waals surface area (Å²) in [6.07, 6.45) is 3.35. The van der Waals surface area contributed by atoms with Crippen LogP contribution in [0.5, 0.6) is 0 Å². The molecule has 4 nitrogen and oxygen atoms in total. The summed E-state index contributed by atoms with van der Waals surface area (Å²) in [6.45, 7) is 0.252. The van der Waals surface area contributed by atoms with Gasteiger partial charge in [-0.05, 0) is 42.0 Å². The van der Waals surface area contributed by atoms with Crippen LogP contribution in [0.2, 0.25) is 0 Å². The molecule has 0 saturated heterocycles. The second-order valence-electron chi connectivity index (χ2n) is 5.84. The lowest BCUT2D eigenvalue weighted by atomic mass is 10.1. The number of nitrogens with zero attached hydrogens (tertiary/aromatic N) is 3. The molecule has 2 aromatic heterocycles. The molecule has 0 N–H and O–H groups in total. The summed E-state index contributed by atoms with van der Waals surface area (Å²) in [5.41, 5.74) is 1.64. The molecule has 0 spiro atoms. The summed E-state index contributed by atoms with van der Waals surface area (Å²) in [4.78, 5) is 23.3. The van der Waals surface area contributed by atoms with Crippen molar-refractivity contribution in [3.8, 4) is 0 Å². The number of aromatic nitrogens is 2. The quantitative estimate of drug-likeness (QED) is 0.423. The van der Waals surface area contributed by atoms with Gasteiger partial charge in [0.15, 0.2) is 5.13 Å². The highest BCUT2D eigenvalue weighted by atomic mass is 79.9. The average Bonchev–Trinajstić information content (AvgIpc) is 3.09. The van der Waals surface area contributed by atoms with Crippen LogP contribution in [0.1, 0.15) is 15.9 Å². The van der Waals surface area contributed by atoms with Crippen molar-refractivity contribution >= 4 is 48.5 Å². The lowest BCUT2D eigenvalue weighted by Gasteiger charge is -2.20. The van der Waals surface area contributed by atoms with E-state index in [9.17, 15) is 9.18 Å². The summed E-state index contributed by atoms with van der Waals surface area (Å²) >= 11 is 4.84. The van der Waals surface area contributed by atoms with E-state index in [0.29, 0.717) is 5.13 Å². The highest BCUT2D eigenvalue weighted by Gasteiger charge is 2.24. The first-order chi connectivity index (χ1) is 13.1. The van der Waals surface area contributed by atoms with Gasteiger partial charge in [-0.1, -0.05) is 45.5 Å². The number of thiazole rings is 1.